The predicted octanol–water partition coefficient (Wildman–Crippen LogP) is 3.17. The molecule has 0 aliphatic heterocycles. The minimum atomic E-state index is -3.77. The van der Waals surface area contributed by atoms with E-state index in [-0.39, 0.29) is 12.5 Å². The van der Waals surface area contributed by atoms with E-state index in [9.17, 15) is 18.0 Å². The van der Waals surface area contributed by atoms with Crippen LogP contribution in [0.4, 0.5) is 5.69 Å². The van der Waals surface area contributed by atoms with Gasteiger partial charge in [0.1, 0.15) is 18.3 Å². The quantitative estimate of drug-likeness (QED) is 0.473. The molecule has 33 heavy (non-hydrogen) atoms. The smallest absolute Gasteiger partial charge is 0.244 e. The standard InChI is InChI=1S/C23H30BrN3O5S/c1-5-13-25-23(29)17(2)26(15-18-7-6-8-19(24)14-18)22(28)16-27(33(4,30)31)20-9-11-21(32-3)12-10-20/h6-12,14,17H,5,13,15-16H2,1-4H3,(H,25,29). The molecule has 0 aliphatic carbocycles. The summed E-state index contributed by atoms with van der Waals surface area (Å²) in [5.74, 6) is -0.220. The zero-order valence-electron chi connectivity index (χ0n) is 19.2. The molecule has 0 saturated heterocycles. The van der Waals surface area contributed by atoms with E-state index in [0.717, 1.165) is 27.0 Å². The summed E-state index contributed by atoms with van der Waals surface area (Å²) in [4.78, 5) is 27.5. The van der Waals surface area contributed by atoms with Gasteiger partial charge in [0.25, 0.3) is 0 Å². The second kappa shape index (κ2) is 12.0. The number of carbonyl (C=O) groups is 2. The number of halogens is 1. The van der Waals surface area contributed by atoms with Crippen molar-refractivity contribution in [1.82, 2.24) is 10.2 Å². The van der Waals surface area contributed by atoms with Crippen LogP contribution in [0.25, 0.3) is 0 Å². The van der Waals surface area contributed by atoms with Crippen LogP contribution in [0, 0.1) is 0 Å². The molecule has 0 spiro atoms. The van der Waals surface area contributed by atoms with Crippen LogP contribution in [-0.4, -0.2) is 57.6 Å². The van der Waals surface area contributed by atoms with Gasteiger partial charge < -0.3 is 15.0 Å². The molecule has 2 rings (SSSR count). The predicted molar refractivity (Wildman–Crippen MR) is 133 cm³/mol. The maximum Gasteiger partial charge on any atom is 0.244 e. The van der Waals surface area contributed by atoms with Crippen molar-refractivity contribution in [2.75, 3.05) is 30.8 Å². The third kappa shape index (κ3) is 7.75. The Balaban J connectivity index is 2.36. The summed E-state index contributed by atoms with van der Waals surface area (Å²) < 4.78 is 32.1. The highest BCUT2D eigenvalue weighted by Gasteiger charge is 2.30. The van der Waals surface area contributed by atoms with Gasteiger partial charge in [-0.25, -0.2) is 8.42 Å². The Bertz CT molecular complexity index is 1060. The van der Waals surface area contributed by atoms with Crippen molar-refractivity contribution in [2.45, 2.75) is 32.9 Å². The lowest BCUT2D eigenvalue weighted by atomic mass is 10.1. The summed E-state index contributed by atoms with van der Waals surface area (Å²) >= 11 is 3.42. The molecule has 2 amide bonds. The van der Waals surface area contributed by atoms with Crippen molar-refractivity contribution in [2.24, 2.45) is 0 Å². The van der Waals surface area contributed by atoms with Crippen molar-refractivity contribution in [3.63, 3.8) is 0 Å². The van der Waals surface area contributed by atoms with Crippen molar-refractivity contribution in [3.8, 4) is 5.75 Å². The number of hydrogen-bond donors (Lipinski definition) is 1. The van der Waals surface area contributed by atoms with Gasteiger partial charge in [0.2, 0.25) is 21.8 Å². The number of nitrogens with zero attached hydrogens (tertiary/aromatic N) is 2. The summed E-state index contributed by atoms with van der Waals surface area (Å²) in [7, 11) is -2.26. The molecule has 10 heteroatoms. The molecule has 180 valence electrons. The van der Waals surface area contributed by atoms with Crippen molar-refractivity contribution in [3.05, 3.63) is 58.6 Å². The molecule has 0 fully saturated rings. The van der Waals surface area contributed by atoms with Crippen LogP contribution in [0.5, 0.6) is 5.75 Å². The molecule has 2 aromatic carbocycles. The first-order valence-electron chi connectivity index (χ1n) is 10.5. The highest BCUT2D eigenvalue weighted by atomic mass is 79.9. The van der Waals surface area contributed by atoms with Gasteiger partial charge in [0, 0.05) is 17.6 Å². The number of methoxy groups -OCH3 is 1. The number of sulfonamides is 1. The Kier molecular flexibility index (Phi) is 9.72. The summed E-state index contributed by atoms with van der Waals surface area (Å²) in [6.45, 7) is 3.78. The van der Waals surface area contributed by atoms with E-state index in [1.54, 1.807) is 31.2 Å². The minimum Gasteiger partial charge on any atom is -0.497 e. The van der Waals surface area contributed by atoms with Crippen LogP contribution < -0.4 is 14.4 Å². The van der Waals surface area contributed by atoms with Crippen molar-refractivity contribution in [1.29, 1.82) is 0 Å². The highest BCUT2D eigenvalue weighted by molar-refractivity contribution is 9.10. The number of anilines is 1. The van der Waals surface area contributed by atoms with Crippen LogP contribution >= 0.6 is 15.9 Å². The van der Waals surface area contributed by atoms with Gasteiger partial charge in [-0.2, -0.15) is 0 Å². The van der Waals surface area contributed by atoms with Crippen LogP contribution in [0.2, 0.25) is 0 Å². The van der Waals surface area contributed by atoms with Crippen LogP contribution in [0.1, 0.15) is 25.8 Å². The molecule has 2 aromatic rings. The van der Waals surface area contributed by atoms with Crippen molar-refractivity contribution < 1.29 is 22.7 Å². The number of carbonyl (C=O) groups excluding carboxylic acids is 2. The van der Waals surface area contributed by atoms with E-state index in [4.69, 9.17) is 4.74 Å². The monoisotopic (exact) mass is 539 g/mol. The zero-order valence-corrected chi connectivity index (χ0v) is 21.6. The number of nitrogens with one attached hydrogen (secondary N) is 1. The second-order valence-corrected chi connectivity index (χ2v) is 10.4. The fourth-order valence-corrected chi connectivity index (χ4v) is 4.47. The maximum atomic E-state index is 13.4. The third-order valence-electron chi connectivity index (χ3n) is 5.00. The largest absolute Gasteiger partial charge is 0.497 e. The van der Waals surface area contributed by atoms with Gasteiger partial charge in [0.05, 0.1) is 19.1 Å². The van der Waals surface area contributed by atoms with E-state index in [1.165, 1.54) is 12.0 Å². The Morgan fingerprint density at radius 2 is 1.82 bits per heavy atom. The van der Waals surface area contributed by atoms with Crippen LogP contribution in [-0.2, 0) is 26.2 Å². The molecular formula is C23H30BrN3O5S. The zero-order chi connectivity index (χ0) is 24.6. The molecule has 8 nitrogen and oxygen atoms in total. The summed E-state index contributed by atoms with van der Waals surface area (Å²) in [5.41, 5.74) is 1.14. The lowest BCUT2D eigenvalue weighted by molar-refractivity contribution is -0.139. The van der Waals surface area contributed by atoms with E-state index in [2.05, 4.69) is 21.2 Å². The van der Waals surface area contributed by atoms with Gasteiger partial charge in [-0.3, -0.25) is 13.9 Å². The number of amides is 2. The van der Waals surface area contributed by atoms with Gasteiger partial charge >= 0.3 is 0 Å². The first-order chi connectivity index (χ1) is 15.6. The minimum absolute atomic E-state index is 0.152. The maximum absolute atomic E-state index is 13.4. The summed E-state index contributed by atoms with van der Waals surface area (Å²) in [5, 5.41) is 2.80. The van der Waals surface area contributed by atoms with Gasteiger partial charge in [-0.05, 0) is 55.3 Å². The number of rotatable bonds is 11. The number of ether oxygens (including phenoxy) is 1. The van der Waals surface area contributed by atoms with E-state index in [0.29, 0.717) is 18.0 Å². The molecule has 0 aliphatic rings. The van der Waals surface area contributed by atoms with E-state index < -0.39 is 28.5 Å². The lowest BCUT2D eigenvalue weighted by Gasteiger charge is -2.31. The number of benzene rings is 2. The molecule has 0 radical (unpaired) electrons. The Morgan fingerprint density at radius 3 is 2.36 bits per heavy atom. The third-order valence-corrected chi connectivity index (χ3v) is 6.63. The Hall–Kier alpha value is -2.59. The number of hydrogen-bond acceptors (Lipinski definition) is 5. The fourth-order valence-electron chi connectivity index (χ4n) is 3.17. The topological polar surface area (TPSA) is 96.0 Å². The van der Waals surface area contributed by atoms with E-state index in [1.807, 2.05) is 31.2 Å². The molecule has 1 unspecified atom stereocenters. The fraction of sp³-hybridized carbons (Fsp3) is 0.391. The molecule has 1 atom stereocenters. The van der Waals surface area contributed by atoms with Gasteiger partial charge in [-0.1, -0.05) is 35.0 Å². The average molecular weight is 540 g/mol. The SMILES string of the molecule is CCCNC(=O)C(C)N(Cc1cccc(Br)c1)C(=O)CN(c1ccc(OC)cc1)S(C)(=O)=O. The van der Waals surface area contributed by atoms with Crippen LogP contribution in [0.3, 0.4) is 0 Å². The first-order valence-corrected chi connectivity index (χ1v) is 13.1. The molecule has 0 bridgehead atoms. The van der Waals surface area contributed by atoms with Gasteiger partial charge in [0.15, 0.2) is 0 Å². The summed E-state index contributed by atoms with van der Waals surface area (Å²) in [6, 6.07) is 13.0. The molecular weight excluding hydrogens is 510 g/mol. The average Bonchev–Trinajstić information content (AvgIpc) is 2.78. The summed E-state index contributed by atoms with van der Waals surface area (Å²) in [6.07, 6.45) is 1.80. The second-order valence-electron chi connectivity index (χ2n) is 7.59. The molecule has 0 saturated carbocycles. The van der Waals surface area contributed by atoms with Crippen LogP contribution in [0.15, 0.2) is 53.0 Å². The lowest BCUT2D eigenvalue weighted by Crippen LogP contribution is -2.51. The normalized spacial score (nSPS) is 12.0. The highest BCUT2D eigenvalue weighted by Crippen LogP contribution is 2.22. The van der Waals surface area contributed by atoms with Gasteiger partial charge in [-0.15, -0.1) is 0 Å². The Morgan fingerprint density at radius 1 is 1.15 bits per heavy atom. The molecule has 0 heterocycles. The molecule has 0 aromatic heterocycles. The Labute approximate surface area is 204 Å². The molecule has 1 N–H and O–H groups in total. The first kappa shape index (κ1) is 26.7. The van der Waals surface area contributed by atoms with Crippen molar-refractivity contribution >= 4 is 43.5 Å². The van der Waals surface area contributed by atoms with E-state index >= 15 is 0 Å².